The molecule has 9 nitrogen and oxygen atoms in total. The fourth-order valence-corrected chi connectivity index (χ4v) is 6.19. The van der Waals surface area contributed by atoms with Crippen LogP contribution in [-0.4, -0.2) is 69.8 Å². The zero-order valence-corrected chi connectivity index (χ0v) is 20.7. The van der Waals surface area contributed by atoms with Gasteiger partial charge in [-0.2, -0.15) is 9.30 Å². The Hall–Kier alpha value is -2.57. The molecular weight excluding hydrogens is 478 g/mol. The SMILES string of the molecule is CCOCCn1c(=NC(=O)c2ccc(S(=O)(=O)N3CCOCC3)cc2)sc2cccc(OC)c21. The molecule has 182 valence electrons. The van der Waals surface area contributed by atoms with E-state index >= 15 is 0 Å². The quantitative estimate of drug-likeness (QED) is 0.436. The van der Waals surface area contributed by atoms with E-state index in [2.05, 4.69) is 4.99 Å². The minimum Gasteiger partial charge on any atom is -0.495 e. The highest BCUT2D eigenvalue weighted by Gasteiger charge is 2.26. The molecule has 1 saturated heterocycles. The van der Waals surface area contributed by atoms with Gasteiger partial charge in [-0.1, -0.05) is 17.4 Å². The van der Waals surface area contributed by atoms with Crippen LogP contribution in [0, 0.1) is 0 Å². The lowest BCUT2D eigenvalue weighted by molar-refractivity contribution is 0.0730. The van der Waals surface area contributed by atoms with Crippen molar-refractivity contribution >= 4 is 37.5 Å². The Labute approximate surface area is 202 Å². The Morgan fingerprint density at radius 1 is 1.15 bits per heavy atom. The molecule has 1 aliphatic rings. The minimum absolute atomic E-state index is 0.143. The van der Waals surface area contributed by atoms with Crippen LogP contribution in [0.2, 0.25) is 0 Å². The maximum atomic E-state index is 13.0. The zero-order chi connectivity index (χ0) is 24.1. The first-order chi connectivity index (χ1) is 16.5. The van der Waals surface area contributed by atoms with Crippen molar-refractivity contribution in [1.29, 1.82) is 0 Å². The smallest absolute Gasteiger partial charge is 0.279 e. The lowest BCUT2D eigenvalue weighted by Crippen LogP contribution is -2.40. The summed E-state index contributed by atoms with van der Waals surface area (Å²) in [5.74, 6) is 0.239. The molecule has 34 heavy (non-hydrogen) atoms. The Kier molecular flexibility index (Phi) is 7.79. The van der Waals surface area contributed by atoms with Crippen LogP contribution in [0.3, 0.4) is 0 Å². The van der Waals surface area contributed by atoms with Crippen molar-refractivity contribution in [2.24, 2.45) is 4.99 Å². The Balaban J connectivity index is 1.66. The van der Waals surface area contributed by atoms with E-state index in [-0.39, 0.29) is 4.90 Å². The van der Waals surface area contributed by atoms with Gasteiger partial charge in [-0.05, 0) is 43.3 Å². The van der Waals surface area contributed by atoms with Gasteiger partial charge in [0.25, 0.3) is 5.91 Å². The fourth-order valence-electron chi connectivity index (χ4n) is 3.71. The molecule has 3 aromatic rings. The normalized spacial score (nSPS) is 15.6. The first-order valence-corrected chi connectivity index (χ1v) is 13.2. The summed E-state index contributed by atoms with van der Waals surface area (Å²) >= 11 is 1.39. The number of rotatable bonds is 8. The number of hydrogen-bond acceptors (Lipinski definition) is 7. The van der Waals surface area contributed by atoms with Crippen LogP contribution in [0.15, 0.2) is 52.4 Å². The fraction of sp³-hybridized carbons (Fsp3) is 0.391. The summed E-state index contributed by atoms with van der Waals surface area (Å²) in [6.07, 6.45) is 0. The van der Waals surface area contributed by atoms with Gasteiger partial charge < -0.3 is 18.8 Å². The number of para-hydroxylation sites is 1. The van der Waals surface area contributed by atoms with Crippen molar-refractivity contribution in [1.82, 2.24) is 8.87 Å². The van der Waals surface area contributed by atoms with Gasteiger partial charge in [0, 0.05) is 31.8 Å². The number of thiazole rings is 1. The van der Waals surface area contributed by atoms with Crippen molar-refractivity contribution in [2.45, 2.75) is 18.4 Å². The molecule has 11 heteroatoms. The molecule has 0 saturated carbocycles. The van der Waals surface area contributed by atoms with Gasteiger partial charge in [-0.15, -0.1) is 0 Å². The maximum Gasteiger partial charge on any atom is 0.279 e. The van der Waals surface area contributed by atoms with Gasteiger partial charge in [0.05, 0.1) is 36.5 Å². The van der Waals surface area contributed by atoms with Gasteiger partial charge in [0.1, 0.15) is 11.3 Å². The lowest BCUT2D eigenvalue weighted by atomic mass is 10.2. The van der Waals surface area contributed by atoms with Crippen LogP contribution in [0.4, 0.5) is 0 Å². The van der Waals surface area contributed by atoms with E-state index in [1.807, 2.05) is 29.7 Å². The monoisotopic (exact) mass is 505 g/mol. The number of morpholine rings is 1. The van der Waals surface area contributed by atoms with Crippen LogP contribution in [0.25, 0.3) is 10.2 Å². The number of ether oxygens (including phenoxy) is 3. The summed E-state index contributed by atoms with van der Waals surface area (Å²) in [4.78, 5) is 18.0. The summed E-state index contributed by atoms with van der Waals surface area (Å²) in [6.45, 7) is 4.87. The highest BCUT2D eigenvalue weighted by Crippen LogP contribution is 2.27. The van der Waals surface area contributed by atoms with Gasteiger partial charge in [0.2, 0.25) is 10.0 Å². The summed E-state index contributed by atoms with van der Waals surface area (Å²) in [7, 11) is -2.02. The van der Waals surface area contributed by atoms with E-state index in [0.29, 0.717) is 62.2 Å². The van der Waals surface area contributed by atoms with Crippen LogP contribution < -0.4 is 9.54 Å². The molecule has 2 aromatic carbocycles. The molecule has 0 bridgehead atoms. The van der Waals surface area contributed by atoms with Crippen LogP contribution in [0.1, 0.15) is 17.3 Å². The highest BCUT2D eigenvalue weighted by molar-refractivity contribution is 7.89. The van der Waals surface area contributed by atoms with Crippen molar-refractivity contribution in [3.63, 3.8) is 0 Å². The first-order valence-electron chi connectivity index (χ1n) is 11.0. The van der Waals surface area contributed by atoms with Gasteiger partial charge in [0.15, 0.2) is 4.80 Å². The number of sulfonamides is 1. The average molecular weight is 506 g/mol. The molecule has 1 aliphatic heterocycles. The first kappa shape index (κ1) is 24.6. The van der Waals surface area contributed by atoms with Crippen molar-refractivity contribution in [2.75, 3.05) is 46.6 Å². The molecule has 1 amide bonds. The van der Waals surface area contributed by atoms with E-state index < -0.39 is 15.9 Å². The van der Waals surface area contributed by atoms with Crippen LogP contribution in [-0.2, 0) is 26.0 Å². The molecular formula is C23H27N3O6S2. The average Bonchev–Trinajstić information content (AvgIpc) is 3.21. The molecule has 0 N–H and O–H groups in total. The number of benzene rings is 2. The molecule has 0 aliphatic carbocycles. The molecule has 1 fully saturated rings. The Morgan fingerprint density at radius 2 is 1.88 bits per heavy atom. The highest BCUT2D eigenvalue weighted by atomic mass is 32.2. The standard InChI is InChI=1S/C23H27N3O6S2/c1-3-31-16-13-26-21-19(30-2)5-4-6-20(21)33-23(26)24-22(27)17-7-9-18(10-8-17)34(28,29)25-11-14-32-15-12-25/h4-10H,3,11-16H2,1-2H3. The summed E-state index contributed by atoms with van der Waals surface area (Å²) < 4.78 is 46.2. The predicted octanol–water partition coefficient (Wildman–Crippen LogP) is 2.51. The maximum absolute atomic E-state index is 13.0. The van der Waals surface area contributed by atoms with E-state index in [4.69, 9.17) is 14.2 Å². The van der Waals surface area contributed by atoms with Crippen LogP contribution in [0.5, 0.6) is 5.75 Å². The molecule has 0 radical (unpaired) electrons. The number of carbonyl (C=O) groups excluding carboxylic acids is 1. The largest absolute Gasteiger partial charge is 0.495 e. The Morgan fingerprint density at radius 3 is 2.56 bits per heavy atom. The summed E-state index contributed by atoms with van der Waals surface area (Å²) in [5, 5.41) is 0. The number of fused-ring (bicyclic) bond motifs is 1. The second-order valence-electron chi connectivity index (χ2n) is 7.50. The lowest BCUT2D eigenvalue weighted by Gasteiger charge is -2.26. The third-order valence-corrected chi connectivity index (χ3v) is 8.41. The molecule has 1 aromatic heterocycles. The summed E-state index contributed by atoms with van der Waals surface area (Å²) in [5.41, 5.74) is 1.16. The van der Waals surface area contributed by atoms with E-state index in [9.17, 15) is 13.2 Å². The number of carbonyl (C=O) groups is 1. The third kappa shape index (κ3) is 5.08. The van der Waals surface area contributed by atoms with Gasteiger partial charge in [-0.3, -0.25) is 4.79 Å². The van der Waals surface area contributed by atoms with Crippen molar-refractivity contribution < 1.29 is 27.4 Å². The number of methoxy groups -OCH3 is 1. The number of hydrogen-bond donors (Lipinski definition) is 0. The number of aromatic nitrogens is 1. The molecule has 0 spiro atoms. The third-order valence-electron chi connectivity index (χ3n) is 5.45. The molecule has 2 heterocycles. The summed E-state index contributed by atoms with van der Waals surface area (Å²) in [6, 6.07) is 11.6. The molecule has 0 unspecified atom stereocenters. The number of amides is 1. The zero-order valence-electron chi connectivity index (χ0n) is 19.1. The second-order valence-corrected chi connectivity index (χ2v) is 10.4. The second kappa shape index (κ2) is 10.8. The van der Waals surface area contributed by atoms with Crippen LogP contribution >= 0.6 is 11.3 Å². The van der Waals surface area contributed by atoms with Crippen molar-refractivity contribution in [3.8, 4) is 5.75 Å². The topological polar surface area (TPSA) is 99.4 Å². The Bertz CT molecular complexity index is 1320. The van der Waals surface area contributed by atoms with E-state index in [1.54, 1.807) is 7.11 Å². The molecule has 0 atom stereocenters. The van der Waals surface area contributed by atoms with Gasteiger partial charge in [-0.25, -0.2) is 8.42 Å². The van der Waals surface area contributed by atoms with Gasteiger partial charge >= 0.3 is 0 Å². The minimum atomic E-state index is -3.63. The van der Waals surface area contributed by atoms with E-state index in [0.717, 1.165) is 10.2 Å². The number of nitrogens with zero attached hydrogens (tertiary/aromatic N) is 3. The molecule has 4 rings (SSSR count). The predicted molar refractivity (Wildman–Crippen MR) is 129 cm³/mol. The van der Waals surface area contributed by atoms with E-state index in [1.165, 1.54) is 39.9 Å². The van der Waals surface area contributed by atoms with Crippen molar-refractivity contribution in [3.05, 3.63) is 52.8 Å².